The Morgan fingerprint density at radius 2 is 1.91 bits per heavy atom. The molecule has 0 aliphatic carbocycles. The molecule has 1 amide bonds. The van der Waals surface area contributed by atoms with Gasteiger partial charge in [0, 0.05) is 6.54 Å². The molecule has 0 bridgehead atoms. The van der Waals surface area contributed by atoms with Gasteiger partial charge in [0.2, 0.25) is 0 Å². The molecule has 0 aliphatic rings. The second-order valence-electron chi connectivity index (χ2n) is 7.20. The van der Waals surface area contributed by atoms with Crippen molar-refractivity contribution in [2.45, 2.75) is 20.4 Å². The lowest BCUT2D eigenvalue weighted by molar-refractivity contribution is 0.0526. The number of carbonyl (C=O) groups is 2. The van der Waals surface area contributed by atoms with E-state index >= 15 is 0 Å². The average Bonchev–Trinajstić information content (AvgIpc) is 3.15. The van der Waals surface area contributed by atoms with E-state index in [1.165, 1.54) is 11.3 Å². The highest BCUT2D eigenvalue weighted by atomic mass is 32.1. The summed E-state index contributed by atoms with van der Waals surface area (Å²) in [6.45, 7) is 8.70. The van der Waals surface area contributed by atoms with Gasteiger partial charge in [-0.1, -0.05) is 47.7 Å². The minimum atomic E-state index is -0.384. The van der Waals surface area contributed by atoms with E-state index < -0.39 is 0 Å². The molecule has 0 saturated heterocycles. The monoisotopic (exact) mass is 460 g/mol. The van der Waals surface area contributed by atoms with Gasteiger partial charge in [-0.25, -0.2) is 4.79 Å². The van der Waals surface area contributed by atoms with Crippen LogP contribution < -0.4 is 9.54 Å². The molecule has 0 spiro atoms. The topological polar surface area (TPSA) is 69.9 Å². The molecular weight excluding hydrogens is 436 g/mol. The Morgan fingerprint density at radius 1 is 1.09 bits per heavy atom. The molecule has 6 nitrogen and oxygen atoms in total. The van der Waals surface area contributed by atoms with Gasteiger partial charge in [-0.05, 0) is 48.9 Å². The van der Waals surface area contributed by atoms with E-state index in [9.17, 15) is 9.59 Å². The molecule has 7 heteroatoms. The van der Waals surface area contributed by atoms with Crippen LogP contribution in [0.4, 0.5) is 0 Å². The summed E-state index contributed by atoms with van der Waals surface area (Å²) < 4.78 is 13.6. The Morgan fingerprint density at radius 3 is 2.67 bits per heavy atom. The van der Waals surface area contributed by atoms with Gasteiger partial charge in [-0.2, -0.15) is 4.99 Å². The lowest BCUT2D eigenvalue weighted by Gasteiger charge is -2.10. The average molecular weight is 461 g/mol. The molecule has 33 heavy (non-hydrogen) atoms. The summed E-state index contributed by atoms with van der Waals surface area (Å²) in [4.78, 5) is 30.6. The lowest BCUT2D eigenvalue weighted by Crippen LogP contribution is -2.16. The summed E-state index contributed by atoms with van der Waals surface area (Å²) >= 11 is 1.34. The highest BCUT2D eigenvalue weighted by Gasteiger charge is 2.18. The molecular formula is C26H24N2O4S. The van der Waals surface area contributed by atoms with Crippen LogP contribution in [0.1, 0.15) is 34.6 Å². The maximum atomic E-state index is 13.5. The van der Waals surface area contributed by atoms with Gasteiger partial charge < -0.3 is 14.0 Å². The maximum Gasteiger partial charge on any atom is 0.338 e. The molecule has 0 atom stereocenters. The van der Waals surface area contributed by atoms with E-state index in [2.05, 4.69) is 11.6 Å². The van der Waals surface area contributed by atoms with Crippen LogP contribution in [0.2, 0.25) is 0 Å². The van der Waals surface area contributed by atoms with Crippen LogP contribution in [0, 0.1) is 0 Å². The number of hydrogen-bond acceptors (Lipinski definition) is 5. The van der Waals surface area contributed by atoms with Gasteiger partial charge in [0.1, 0.15) is 5.75 Å². The van der Waals surface area contributed by atoms with E-state index in [1.807, 2.05) is 54.0 Å². The minimum Gasteiger partial charge on any atom is -0.493 e. The zero-order chi connectivity index (χ0) is 23.4. The Hall–Kier alpha value is -3.71. The molecule has 0 N–H and O–H groups in total. The Bertz CT molecular complexity index is 1430. The number of thiazole rings is 1. The van der Waals surface area contributed by atoms with Gasteiger partial charge in [0.15, 0.2) is 4.80 Å². The first-order valence-corrected chi connectivity index (χ1v) is 11.5. The van der Waals surface area contributed by atoms with Crippen LogP contribution in [0.25, 0.3) is 21.0 Å². The summed E-state index contributed by atoms with van der Waals surface area (Å²) in [5, 5.41) is 1.73. The van der Waals surface area contributed by atoms with Crippen LogP contribution in [-0.4, -0.2) is 29.7 Å². The quantitative estimate of drug-likeness (QED) is 0.275. The fourth-order valence-electron chi connectivity index (χ4n) is 3.70. The number of ether oxygens (including phenoxy) is 2. The van der Waals surface area contributed by atoms with E-state index in [1.54, 1.807) is 25.1 Å². The van der Waals surface area contributed by atoms with Gasteiger partial charge >= 0.3 is 5.97 Å². The smallest absolute Gasteiger partial charge is 0.338 e. The van der Waals surface area contributed by atoms with Gasteiger partial charge in [0.05, 0.1) is 34.6 Å². The Balaban J connectivity index is 1.89. The van der Waals surface area contributed by atoms with Crippen LogP contribution in [0.5, 0.6) is 5.75 Å². The number of carbonyl (C=O) groups excluding carboxylic acids is 2. The van der Waals surface area contributed by atoms with Gasteiger partial charge in [-0.15, -0.1) is 6.58 Å². The second kappa shape index (κ2) is 9.83. The molecule has 1 aromatic heterocycles. The number of aromatic nitrogens is 1. The van der Waals surface area contributed by atoms with Crippen LogP contribution >= 0.6 is 11.3 Å². The Labute approximate surface area is 195 Å². The van der Waals surface area contributed by atoms with Crippen molar-refractivity contribution < 1.29 is 19.1 Å². The summed E-state index contributed by atoms with van der Waals surface area (Å²) in [5.41, 5.74) is 1.76. The predicted octanol–water partition coefficient (Wildman–Crippen LogP) is 5.36. The van der Waals surface area contributed by atoms with Crippen molar-refractivity contribution in [2.75, 3.05) is 13.2 Å². The number of rotatable bonds is 7. The molecule has 4 aromatic rings. The number of allylic oxidation sites excluding steroid dienone is 1. The largest absolute Gasteiger partial charge is 0.493 e. The van der Waals surface area contributed by atoms with Crippen molar-refractivity contribution in [1.29, 1.82) is 0 Å². The minimum absolute atomic E-state index is 0.306. The van der Waals surface area contributed by atoms with Crippen molar-refractivity contribution in [3.05, 3.63) is 83.2 Å². The molecule has 0 saturated carbocycles. The number of amides is 1. The molecule has 3 aromatic carbocycles. The molecule has 0 fully saturated rings. The zero-order valence-corrected chi connectivity index (χ0v) is 19.4. The second-order valence-corrected chi connectivity index (χ2v) is 8.21. The van der Waals surface area contributed by atoms with E-state index in [-0.39, 0.29) is 11.9 Å². The number of fused-ring (bicyclic) bond motifs is 2. The van der Waals surface area contributed by atoms with Crippen molar-refractivity contribution in [1.82, 2.24) is 4.57 Å². The summed E-state index contributed by atoms with van der Waals surface area (Å²) in [7, 11) is 0. The number of esters is 1. The first-order valence-electron chi connectivity index (χ1n) is 10.7. The van der Waals surface area contributed by atoms with Crippen molar-refractivity contribution in [3.8, 4) is 5.75 Å². The predicted molar refractivity (Wildman–Crippen MR) is 131 cm³/mol. The van der Waals surface area contributed by atoms with E-state index in [0.717, 1.165) is 21.0 Å². The number of hydrogen-bond donors (Lipinski definition) is 0. The van der Waals surface area contributed by atoms with Crippen LogP contribution in [0.3, 0.4) is 0 Å². The summed E-state index contributed by atoms with van der Waals surface area (Å²) in [5.74, 6) is -0.258. The van der Waals surface area contributed by atoms with Crippen LogP contribution in [-0.2, 0) is 11.3 Å². The summed E-state index contributed by atoms with van der Waals surface area (Å²) in [6, 6.07) is 16.7. The third-order valence-corrected chi connectivity index (χ3v) is 6.15. The van der Waals surface area contributed by atoms with E-state index in [4.69, 9.17) is 9.47 Å². The standard InChI is InChI=1S/C26H24N2O4S/c1-4-15-28-20-13-11-18(25(30)32-6-3)16-22(20)33-26(28)27-24(29)23-19-10-8-7-9-17(19)12-14-21(23)31-5-2/h4,7-14,16H,1,5-6,15H2,2-3H3. The van der Waals surface area contributed by atoms with Crippen molar-refractivity contribution in [3.63, 3.8) is 0 Å². The molecule has 4 rings (SSSR count). The molecule has 1 heterocycles. The fraction of sp³-hybridized carbons (Fsp3) is 0.192. The third kappa shape index (κ3) is 4.45. The number of benzene rings is 3. The third-order valence-electron chi connectivity index (χ3n) is 5.11. The lowest BCUT2D eigenvalue weighted by atomic mass is 10.0. The highest BCUT2D eigenvalue weighted by Crippen LogP contribution is 2.29. The number of nitrogens with zero attached hydrogens (tertiary/aromatic N) is 2. The van der Waals surface area contributed by atoms with Crippen molar-refractivity contribution >= 4 is 44.2 Å². The first-order chi connectivity index (χ1) is 16.1. The molecule has 0 unspecified atom stereocenters. The fourth-order valence-corrected chi connectivity index (χ4v) is 4.77. The van der Waals surface area contributed by atoms with Gasteiger partial charge in [-0.3, -0.25) is 4.79 Å². The normalized spacial score (nSPS) is 11.6. The summed E-state index contributed by atoms with van der Waals surface area (Å²) in [6.07, 6.45) is 1.75. The molecule has 168 valence electrons. The van der Waals surface area contributed by atoms with Gasteiger partial charge in [0.25, 0.3) is 5.91 Å². The highest BCUT2D eigenvalue weighted by molar-refractivity contribution is 7.16. The molecule has 0 radical (unpaired) electrons. The van der Waals surface area contributed by atoms with Crippen LogP contribution in [0.15, 0.2) is 72.2 Å². The van der Waals surface area contributed by atoms with E-state index in [0.29, 0.717) is 41.4 Å². The first kappa shape index (κ1) is 22.5. The SMILES string of the molecule is C=CCn1c(=NC(=O)c2c(OCC)ccc3ccccc23)sc2cc(C(=O)OCC)ccc21. The maximum absolute atomic E-state index is 13.5. The zero-order valence-electron chi connectivity index (χ0n) is 18.5. The Kier molecular flexibility index (Phi) is 6.70. The molecule has 0 aliphatic heterocycles. The van der Waals surface area contributed by atoms with Crippen molar-refractivity contribution in [2.24, 2.45) is 4.99 Å².